The molecule has 3 rings (SSSR count). The number of aliphatic hydroxyl groups is 1. The maximum atomic E-state index is 14.3. The zero-order valence-corrected chi connectivity index (χ0v) is 13.1. The van der Waals surface area contributed by atoms with Crippen LogP contribution in [0.5, 0.6) is 0 Å². The molecule has 1 saturated heterocycles. The molecule has 0 aromatic heterocycles. The summed E-state index contributed by atoms with van der Waals surface area (Å²) in [5, 5.41) is 11.4. The summed E-state index contributed by atoms with van der Waals surface area (Å²) in [6.45, 7) is 3.47. The molecule has 1 N–H and O–H groups in total. The first-order valence-electron chi connectivity index (χ1n) is 7.73. The molecule has 0 radical (unpaired) electrons. The van der Waals surface area contributed by atoms with Gasteiger partial charge in [0.1, 0.15) is 5.82 Å². The summed E-state index contributed by atoms with van der Waals surface area (Å²) >= 11 is 0. The second-order valence-electron chi connectivity index (χ2n) is 6.38. The van der Waals surface area contributed by atoms with E-state index < -0.39 is 5.60 Å². The number of piperidine rings is 1. The maximum absolute atomic E-state index is 14.3. The van der Waals surface area contributed by atoms with Gasteiger partial charge in [0.2, 0.25) is 0 Å². The molecule has 0 spiro atoms. The molecule has 1 aliphatic heterocycles. The molecule has 116 valence electrons. The molecule has 2 aromatic rings. The normalized spacial score (nSPS) is 26.1. The van der Waals surface area contributed by atoms with Gasteiger partial charge in [-0.3, -0.25) is 0 Å². The van der Waals surface area contributed by atoms with Crippen molar-refractivity contribution in [3.8, 4) is 0 Å². The number of hydrogen-bond donors (Lipinski definition) is 1. The monoisotopic (exact) mass is 299 g/mol. The van der Waals surface area contributed by atoms with Gasteiger partial charge in [0, 0.05) is 19.0 Å². The van der Waals surface area contributed by atoms with Crippen LogP contribution in [0.1, 0.15) is 29.0 Å². The molecule has 3 heteroatoms. The van der Waals surface area contributed by atoms with Crippen molar-refractivity contribution in [3.05, 3.63) is 71.0 Å². The van der Waals surface area contributed by atoms with Crippen molar-refractivity contribution in [2.75, 3.05) is 20.1 Å². The van der Waals surface area contributed by atoms with Crippen LogP contribution in [-0.2, 0) is 5.60 Å². The van der Waals surface area contributed by atoms with Gasteiger partial charge in [-0.05, 0) is 37.6 Å². The Morgan fingerprint density at radius 1 is 1.14 bits per heavy atom. The highest BCUT2D eigenvalue weighted by Gasteiger charge is 2.43. The van der Waals surface area contributed by atoms with Crippen LogP contribution in [0.15, 0.2) is 48.5 Å². The lowest BCUT2D eigenvalue weighted by molar-refractivity contribution is -0.0428. The molecule has 2 nitrogen and oxygen atoms in total. The highest BCUT2D eigenvalue weighted by Crippen LogP contribution is 2.43. The van der Waals surface area contributed by atoms with Crippen molar-refractivity contribution >= 4 is 0 Å². The average molecular weight is 299 g/mol. The summed E-state index contributed by atoms with van der Waals surface area (Å²) in [5.74, 6) is -0.511. The molecule has 2 atom stereocenters. The van der Waals surface area contributed by atoms with E-state index in [0.29, 0.717) is 18.5 Å². The predicted octanol–water partition coefficient (Wildman–Crippen LogP) is 3.44. The van der Waals surface area contributed by atoms with E-state index >= 15 is 0 Å². The number of nitrogens with zero attached hydrogens (tertiary/aromatic N) is 1. The van der Waals surface area contributed by atoms with E-state index in [0.717, 1.165) is 17.7 Å². The maximum Gasteiger partial charge on any atom is 0.126 e. The van der Waals surface area contributed by atoms with Crippen molar-refractivity contribution in [2.24, 2.45) is 0 Å². The van der Waals surface area contributed by atoms with Gasteiger partial charge in [0.25, 0.3) is 0 Å². The first-order chi connectivity index (χ1) is 10.5. The minimum Gasteiger partial charge on any atom is -0.384 e. The van der Waals surface area contributed by atoms with Crippen LogP contribution in [-0.4, -0.2) is 30.1 Å². The third-order valence-corrected chi connectivity index (χ3v) is 4.78. The topological polar surface area (TPSA) is 23.5 Å². The van der Waals surface area contributed by atoms with Crippen LogP contribution in [0.2, 0.25) is 0 Å². The third kappa shape index (κ3) is 2.67. The number of rotatable bonds is 2. The fourth-order valence-electron chi connectivity index (χ4n) is 3.39. The SMILES string of the molecule is Cc1ccc([C@]2(O)CCN(C)C[C@@H]2c2ccccc2F)cc1. The Hall–Kier alpha value is -1.71. The lowest BCUT2D eigenvalue weighted by atomic mass is 9.72. The fraction of sp³-hybridized carbons (Fsp3) is 0.368. The first kappa shape index (κ1) is 15.2. The molecule has 0 bridgehead atoms. The largest absolute Gasteiger partial charge is 0.384 e. The molecule has 0 saturated carbocycles. The number of halogens is 1. The molecular formula is C19H22FNO. The van der Waals surface area contributed by atoms with Gasteiger partial charge < -0.3 is 10.0 Å². The van der Waals surface area contributed by atoms with E-state index in [1.165, 1.54) is 6.07 Å². The Morgan fingerprint density at radius 3 is 2.50 bits per heavy atom. The summed E-state index contributed by atoms with van der Waals surface area (Å²) in [6, 6.07) is 14.7. The standard InChI is InChI=1S/C19H22FNO/c1-14-7-9-15(10-8-14)19(22)11-12-21(2)13-17(19)16-5-3-4-6-18(16)20/h3-10,17,22H,11-13H2,1-2H3/t17-,19-/m1/s1. The Balaban J connectivity index is 2.07. The Morgan fingerprint density at radius 2 is 1.82 bits per heavy atom. The third-order valence-electron chi connectivity index (χ3n) is 4.78. The molecule has 1 aliphatic rings. The van der Waals surface area contributed by atoms with Gasteiger partial charge in [-0.2, -0.15) is 0 Å². The summed E-state index contributed by atoms with van der Waals surface area (Å²) in [5.41, 5.74) is 1.60. The summed E-state index contributed by atoms with van der Waals surface area (Å²) in [4.78, 5) is 2.15. The molecule has 0 amide bonds. The van der Waals surface area contributed by atoms with Crippen molar-refractivity contribution in [1.29, 1.82) is 0 Å². The van der Waals surface area contributed by atoms with Crippen molar-refractivity contribution in [3.63, 3.8) is 0 Å². The minimum absolute atomic E-state index is 0.242. The molecule has 0 unspecified atom stereocenters. The van der Waals surface area contributed by atoms with E-state index in [1.54, 1.807) is 12.1 Å². The summed E-state index contributed by atoms with van der Waals surface area (Å²) in [6.07, 6.45) is 0.603. The molecule has 22 heavy (non-hydrogen) atoms. The lowest BCUT2D eigenvalue weighted by Crippen LogP contribution is -2.47. The van der Waals surface area contributed by atoms with E-state index in [9.17, 15) is 9.50 Å². The number of hydrogen-bond acceptors (Lipinski definition) is 2. The second-order valence-corrected chi connectivity index (χ2v) is 6.38. The zero-order chi connectivity index (χ0) is 15.7. The van der Waals surface area contributed by atoms with Crippen molar-refractivity contribution < 1.29 is 9.50 Å². The van der Waals surface area contributed by atoms with E-state index in [1.807, 2.05) is 44.3 Å². The fourth-order valence-corrected chi connectivity index (χ4v) is 3.39. The molecular weight excluding hydrogens is 277 g/mol. The quantitative estimate of drug-likeness (QED) is 0.918. The average Bonchev–Trinajstić information content (AvgIpc) is 2.51. The van der Waals surface area contributed by atoms with E-state index in [4.69, 9.17) is 0 Å². The van der Waals surface area contributed by atoms with Crippen LogP contribution in [0.25, 0.3) is 0 Å². The van der Waals surface area contributed by atoms with Crippen LogP contribution < -0.4 is 0 Å². The molecule has 2 aromatic carbocycles. The van der Waals surface area contributed by atoms with E-state index in [2.05, 4.69) is 4.90 Å². The highest BCUT2D eigenvalue weighted by molar-refractivity contribution is 5.34. The molecule has 1 heterocycles. The van der Waals surface area contributed by atoms with Gasteiger partial charge in [-0.25, -0.2) is 4.39 Å². The van der Waals surface area contributed by atoms with Gasteiger partial charge in [0.15, 0.2) is 0 Å². The van der Waals surface area contributed by atoms with Gasteiger partial charge >= 0.3 is 0 Å². The lowest BCUT2D eigenvalue weighted by Gasteiger charge is -2.44. The Labute approximate surface area is 131 Å². The van der Waals surface area contributed by atoms with Crippen molar-refractivity contribution in [1.82, 2.24) is 4.90 Å². The summed E-state index contributed by atoms with van der Waals surface area (Å²) < 4.78 is 14.3. The zero-order valence-electron chi connectivity index (χ0n) is 13.1. The second kappa shape index (κ2) is 5.82. The number of likely N-dealkylation sites (N-methyl/N-ethyl adjacent to an activating group) is 1. The number of aryl methyl sites for hydroxylation is 1. The van der Waals surface area contributed by atoms with Gasteiger partial charge in [-0.15, -0.1) is 0 Å². The Kier molecular flexibility index (Phi) is 4.02. The number of benzene rings is 2. The van der Waals surface area contributed by atoms with Crippen LogP contribution >= 0.6 is 0 Å². The van der Waals surface area contributed by atoms with Crippen LogP contribution in [0.3, 0.4) is 0 Å². The van der Waals surface area contributed by atoms with Crippen LogP contribution in [0.4, 0.5) is 4.39 Å². The molecule has 0 aliphatic carbocycles. The van der Waals surface area contributed by atoms with Gasteiger partial charge in [0.05, 0.1) is 5.60 Å². The summed E-state index contributed by atoms with van der Waals surface area (Å²) in [7, 11) is 2.02. The minimum atomic E-state index is -1.03. The van der Waals surface area contributed by atoms with Gasteiger partial charge in [-0.1, -0.05) is 48.0 Å². The van der Waals surface area contributed by atoms with Crippen molar-refractivity contribution in [2.45, 2.75) is 24.9 Å². The smallest absolute Gasteiger partial charge is 0.126 e. The predicted molar refractivity (Wildman–Crippen MR) is 86.3 cm³/mol. The number of likely N-dealkylation sites (tertiary alicyclic amines) is 1. The first-order valence-corrected chi connectivity index (χ1v) is 7.73. The Bertz CT molecular complexity index is 655. The molecule has 1 fully saturated rings. The highest BCUT2D eigenvalue weighted by atomic mass is 19.1. The van der Waals surface area contributed by atoms with Crippen LogP contribution in [0, 0.1) is 12.7 Å². The van der Waals surface area contributed by atoms with E-state index in [-0.39, 0.29) is 11.7 Å².